The quantitative estimate of drug-likeness (QED) is 0.581. The highest BCUT2D eigenvalue weighted by Gasteiger charge is 2.13. The summed E-state index contributed by atoms with van der Waals surface area (Å²) >= 11 is 1.65. The Balaban J connectivity index is 1.72. The van der Waals surface area contributed by atoms with Gasteiger partial charge in [0.05, 0.1) is 16.8 Å². The van der Waals surface area contributed by atoms with E-state index in [1.807, 2.05) is 47.3 Å². The first-order valence-electron chi connectivity index (χ1n) is 6.51. The van der Waals surface area contributed by atoms with E-state index in [1.165, 1.54) is 0 Å². The van der Waals surface area contributed by atoms with E-state index >= 15 is 0 Å². The van der Waals surface area contributed by atoms with Crippen molar-refractivity contribution >= 4 is 33.0 Å². The number of fused-ring (bicyclic) bond motifs is 2. The second-order valence-corrected chi connectivity index (χ2v) is 5.65. The Morgan fingerprint density at radius 3 is 3.10 bits per heavy atom. The maximum Gasteiger partial charge on any atom is 0.160 e. The Kier molecular flexibility index (Phi) is 2.78. The normalized spacial score (nSPS) is 11.3. The fraction of sp³-hybridized carbons (Fsp3) is 0.143. The summed E-state index contributed by atoms with van der Waals surface area (Å²) in [6, 6.07) is 7.88. The van der Waals surface area contributed by atoms with Gasteiger partial charge in [-0.05, 0) is 23.6 Å². The van der Waals surface area contributed by atoms with Crippen LogP contribution in [0.2, 0.25) is 0 Å². The number of hydrogen-bond donors (Lipinski definition) is 0. The zero-order valence-electron chi connectivity index (χ0n) is 11.3. The zero-order valence-corrected chi connectivity index (χ0v) is 12.2. The van der Waals surface area contributed by atoms with E-state index in [4.69, 9.17) is 0 Å². The van der Waals surface area contributed by atoms with Crippen LogP contribution in [0.1, 0.15) is 5.82 Å². The molecule has 0 saturated carbocycles. The van der Waals surface area contributed by atoms with Crippen molar-refractivity contribution in [1.82, 2.24) is 24.6 Å². The van der Waals surface area contributed by atoms with Crippen molar-refractivity contribution in [3.05, 3.63) is 48.0 Å². The highest BCUT2D eigenvalue weighted by Crippen LogP contribution is 2.27. The van der Waals surface area contributed by atoms with Gasteiger partial charge in [-0.25, -0.2) is 9.97 Å². The van der Waals surface area contributed by atoms with Gasteiger partial charge in [-0.2, -0.15) is 0 Å². The number of nitrogens with zero attached hydrogens (tertiary/aromatic N) is 6. The number of aromatic nitrogens is 5. The maximum atomic E-state index is 4.41. The molecule has 4 aromatic heterocycles. The summed E-state index contributed by atoms with van der Waals surface area (Å²) in [5.41, 5.74) is 1.83. The van der Waals surface area contributed by atoms with Crippen LogP contribution in [-0.2, 0) is 6.54 Å². The van der Waals surface area contributed by atoms with Crippen molar-refractivity contribution in [3.8, 4) is 0 Å². The molecule has 104 valence electrons. The molecule has 21 heavy (non-hydrogen) atoms. The van der Waals surface area contributed by atoms with Gasteiger partial charge in [0.15, 0.2) is 11.5 Å². The number of pyridine rings is 1. The van der Waals surface area contributed by atoms with Crippen molar-refractivity contribution in [2.45, 2.75) is 6.54 Å². The molecule has 0 unspecified atom stereocenters. The minimum absolute atomic E-state index is 0.634. The number of thiophene rings is 1. The molecular formula is C14H12N6S. The van der Waals surface area contributed by atoms with E-state index < -0.39 is 0 Å². The summed E-state index contributed by atoms with van der Waals surface area (Å²) in [6.07, 6.45) is 3.57. The molecule has 0 N–H and O–H groups in total. The Morgan fingerprint density at radius 2 is 2.14 bits per heavy atom. The van der Waals surface area contributed by atoms with Gasteiger partial charge >= 0.3 is 0 Å². The molecule has 0 fully saturated rings. The highest BCUT2D eigenvalue weighted by molar-refractivity contribution is 7.17. The van der Waals surface area contributed by atoms with Crippen LogP contribution in [0.15, 0.2) is 42.2 Å². The van der Waals surface area contributed by atoms with Crippen molar-refractivity contribution in [2.24, 2.45) is 0 Å². The molecule has 4 rings (SSSR count). The lowest BCUT2D eigenvalue weighted by atomic mass is 10.4. The third-order valence-corrected chi connectivity index (χ3v) is 4.25. The largest absolute Gasteiger partial charge is 0.351 e. The lowest BCUT2D eigenvalue weighted by Gasteiger charge is -2.17. The SMILES string of the molecule is CN(Cc1nnc2ccccn12)c1ncnc2ccsc12. The van der Waals surface area contributed by atoms with E-state index in [0.717, 1.165) is 27.5 Å². The summed E-state index contributed by atoms with van der Waals surface area (Å²) in [5, 5.41) is 10.5. The standard InChI is InChI=1S/C14H12N6S/c1-19(14-13-10(5-7-21-13)15-9-16-14)8-12-18-17-11-4-2-3-6-20(11)12/h2-7,9H,8H2,1H3. The average Bonchev–Trinajstić information content (AvgIpc) is 3.14. The molecule has 0 radical (unpaired) electrons. The molecule has 4 aromatic rings. The lowest BCUT2D eigenvalue weighted by molar-refractivity contribution is 0.812. The highest BCUT2D eigenvalue weighted by atomic mass is 32.1. The number of anilines is 1. The van der Waals surface area contributed by atoms with Crippen LogP contribution in [0.3, 0.4) is 0 Å². The summed E-state index contributed by atoms with van der Waals surface area (Å²) in [4.78, 5) is 10.8. The summed E-state index contributed by atoms with van der Waals surface area (Å²) in [5.74, 6) is 1.80. The zero-order chi connectivity index (χ0) is 14.2. The molecule has 7 heteroatoms. The molecule has 0 spiro atoms. The minimum Gasteiger partial charge on any atom is -0.351 e. The first kappa shape index (κ1) is 12.2. The van der Waals surface area contributed by atoms with Crippen LogP contribution in [0.5, 0.6) is 0 Å². The third kappa shape index (κ3) is 2.02. The Bertz CT molecular complexity index is 912. The molecule has 0 aliphatic carbocycles. The Morgan fingerprint density at radius 1 is 1.19 bits per heavy atom. The van der Waals surface area contributed by atoms with Gasteiger partial charge in [0.2, 0.25) is 0 Å². The maximum absolute atomic E-state index is 4.41. The van der Waals surface area contributed by atoms with Crippen LogP contribution in [0, 0.1) is 0 Å². The third-order valence-electron chi connectivity index (χ3n) is 3.35. The second-order valence-electron chi connectivity index (χ2n) is 4.73. The van der Waals surface area contributed by atoms with Gasteiger partial charge in [-0.1, -0.05) is 6.07 Å². The molecule has 0 aliphatic heterocycles. The summed E-state index contributed by atoms with van der Waals surface area (Å²) in [6.45, 7) is 0.634. The summed E-state index contributed by atoms with van der Waals surface area (Å²) < 4.78 is 3.08. The van der Waals surface area contributed by atoms with Crippen LogP contribution in [0.25, 0.3) is 15.9 Å². The van der Waals surface area contributed by atoms with Gasteiger partial charge in [0.1, 0.15) is 12.1 Å². The first-order valence-corrected chi connectivity index (χ1v) is 7.39. The Hall–Kier alpha value is -2.54. The fourth-order valence-corrected chi connectivity index (χ4v) is 3.22. The molecule has 6 nitrogen and oxygen atoms in total. The van der Waals surface area contributed by atoms with E-state index in [0.29, 0.717) is 6.54 Å². The van der Waals surface area contributed by atoms with Gasteiger partial charge < -0.3 is 4.90 Å². The van der Waals surface area contributed by atoms with E-state index in [-0.39, 0.29) is 0 Å². The molecule has 0 atom stereocenters. The molecule has 0 aromatic carbocycles. The van der Waals surface area contributed by atoms with Crippen molar-refractivity contribution in [3.63, 3.8) is 0 Å². The number of hydrogen-bond acceptors (Lipinski definition) is 6. The average molecular weight is 296 g/mol. The van der Waals surface area contributed by atoms with Crippen LogP contribution in [0.4, 0.5) is 5.82 Å². The van der Waals surface area contributed by atoms with Crippen LogP contribution < -0.4 is 4.90 Å². The molecule has 4 heterocycles. The van der Waals surface area contributed by atoms with E-state index in [2.05, 4.69) is 25.1 Å². The molecule has 0 saturated heterocycles. The Labute approximate surface area is 124 Å². The van der Waals surface area contributed by atoms with Gasteiger partial charge in [0, 0.05) is 13.2 Å². The van der Waals surface area contributed by atoms with Gasteiger partial charge in [0.25, 0.3) is 0 Å². The minimum atomic E-state index is 0.634. The van der Waals surface area contributed by atoms with Crippen molar-refractivity contribution in [2.75, 3.05) is 11.9 Å². The monoisotopic (exact) mass is 296 g/mol. The van der Waals surface area contributed by atoms with Crippen LogP contribution in [-0.4, -0.2) is 31.6 Å². The van der Waals surface area contributed by atoms with E-state index in [9.17, 15) is 0 Å². The van der Waals surface area contributed by atoms with Gasteiger partial charge in [-0.3, -0.25) is 4.40 Å². The second kappa shape index (κ2) is 4.78. The smallest absolute Gasteiger partial charge is 0.160 e. The number of rotatable bonds is 3. The predicted molar refractivity (Wildman–Crippen MR) is 82.5 cm³/mol. The molecule has 0 amide bonds. The predicted octanol–water partition coefficient (Wildman–Crippen LogP) is 2.37. The topological polar surface area (TPSA) is 59.2 Å². The van der Waals surface area contributed by atoms with Crippen LogP contribution >= 0.6 is 11.3 Å². The molecular weight excluding hydrogens is 284 g/mol. The summed E-state index contributed by atoms with van der Waals surface area (Å²) in [7, 11) is 2.01. The molecule has 0 bridgehead atoms. The first-order chi connectivity index (χ1) is 10.3. The van der Waals surface area contributed by atoms with E-state index in [1.54, 1.807) is 17.7 Å². The van der Waals surface area contributed by atoms with Crippen molar-refractivity contribution < 1.29 is 0 Å². The van der Waals surface area contributed by atoms with Gasteiger partial charge in [-0.15, -0.1) is 21.5 Å². The fourth-order valence-electron chi connectivity index (χ4n) is 2.33. The molecule has 0 aliphatic rings. The van der Waals surface area contributed by atoms with Crippen molar-refractivity contribution in [1.29, 1.82) is 0 Å². The lowest BCUT2D eigenvalue weighted by Crippen LogP contribution is -2.19.